The average Bonchev–Trinajstić information content (AvgIpc) is 3.58. The summed E-state index contributed by atoms with van der Waals surface area (Å²) >= 11 is 0. The molecule has 10 heteroatoms. The second kappa shape index (κ2) is 10.7. The average molecular weight is 524 g/mol. The lowest BCUT2D eigenvalue weighted by Crippen LogP contribution is -2.44. The van der Waals surface area contributed by atoms with Crippen LogP contribution in [0.4, 0.5) is 29.0 Å². The van der Waals surface area contributed by atoms with Crippen molar-refractivity contribution in [2.45, 2.75) is 12.5 Å². The van der Waals surface area contributed by atoms with Gasteiger partial charge in [0.15, 0.2) is 5.65 Å². The van der Waals surface area contributed by atoms with Gasteiger partial charge in [0.2, 0.25) is 17.8 Å². The number of piperazine rings is 1. The van der Waals surface area contributed by atoms with E-state index in [-0.39, 0.29) is 11.9 Å². The van der Waals surface area contributed by atoms with Gasteiger partial charge in [-0.1, -0.05) is 24.8 Å². The van der Waals surface area contributed by atoms with Gasteiger partial charge in [-0.3, -0.25) is 9.36 Å². The van der Waals surface area contributed by atoms with E-state index in [0.717, 1.165) is 49.6 Å². The molecule has 0 radical (unpaired) electrons. The lowest BCUT2D eigenvalue weighted by atomic mass is 10.2. The maximum absolute atomic E-state index is 12.3. The fraction of sp³-hybridized carbons (Fsp3) is 0.310. The first-order valence-corrected chi connectivity index (χ1v) is 13.4. The van der Waals surface area contributed by atoms with Gasteiger partial charge in [-0.2, -0.15) is 4.98 Å². The maximum Gasteiger partial charge on any atom is 0.246 e. The van der Waals surface area contributed by atoms with Crippen molar-refractivity contribution >= 4 is 46.0 Å². The molecule has 10 nitrogen and oxygen atoms in total. The molecular weight excluding hydrogens is 490 g/mol. The van der Waals surface area contributed by atoms with Crippen LogP contribution in [0, 0.1) is 0 Å². The van der Waals surface area contributed by atoms with Crippen molar-refractivity contribution in [3.05, 3.63) is 73.4 Å². The predicted octanol–water partition coefficient (Wildman–Crippen LogP) is 4.02. The minimum absolute atomic E-state index is 0.0238. The zero-order chi connectivity index (χ0) is 26.8. The van der Waals surface area contributed by atoms with Crippen molar-refractivity contribution in [1.82, 2.24) is 29.3 Å². The first-order valence-electron chi connectivity index (χ1n) is 13.4. The van der Waals surface area contributed by atoms with Crippen molar-refractivity contribution in [3.8, 4) is 0 Å². The maximum atomic E-state index is 12.3. The highest BCUT2D eigenvalue weighted by atomic mass is 16.2. The van der Waals surface area contributed by atoms with Gasteiger partial charge in [0.1, 0.15) is 5.52 Å². The quantitative estimate of drug-likeness (QED) is 0.351. The van der Waals surface area contributed by atoms with Crippen LogP contribution in [0.3, 0.4) is 0 Å². The SMILES string of the molecule is C=CC(=O)N1CC[C@@H](n2c(Nc3ccccc3)nc3cnc(Nc4ccc(N5CCN(C)CC5)cc4)nc32)C1. The molecule has 0 spiro atoms. The van der Waals surface area contributed by atoms with Gasteiger partial charge in [-0.25, -0.2) is 9.97 Å². The number of nitrogens with zero attached hydrogens (tertiary/aromatic N) is 7. The Morgan fingerprint density at radius 2 is 1.69 bits per heavy atom. The van der Waals surface area contributed by atoms with Gasteiger partial charge >= 0.3 is 0 Å². The number of anilines is 5. The number of amides is 1. The molecular formula is C29H33N9O. The van der Waals surface area contributed by atoms with Crippen molar-refractivity contribution in [2.24, 2.45) is 0 Å². The molecule has 2 fully saturated rings. The van der Waals surface area contributed by atoms with Gasteiger partial charge in [-0.05, 0) is 55.9 Å². The first-order chi connectivity index (χ1) is 19.1. The monoisotopic (exact) mass is 523 g/mol. The van der Waals surface area contributed by atoms with Gasteiger partial charge < -0.3 is 25.3 Å². The summed E-state index contributed by atoms with van der Waals surface area (Å²) in [5.74, 6) is 1.12. The topological polar surface area (TPSA) is 94.4 Å². The fourth-order valence-electron chi connectivity index (χ4n) is 5.27. The standard InChI is InChI=1S/C29H33N9O/c1-3-26(39)37-14-13-24(20-37)38-27-25(33-29(38)32-21-7-5-4-6-8-21)19-30-28(34-27)31-22-9-11-23(12-10-22)36-17-15-35(2)16-18-36/h3-12,19,24H,1,13-18,20H2,2H3,(H,32,33)(H,30,31,34)/t24-/m1/s1. The second-order valence-corrected chi connectivity index (χ2v) is 10.1. The molecule has 0 bridgehead atoms. The van der Waals surface area contributed by atoms with Crippen LogP contribution in [-0.2, 0) is 4.79 Å². The number of likely N-dealkylation sites (tertiary alicyclic amines) is 1. The van der Waals surface area contributed by atoms with Gasteiger partial charge in [0.25, 0.3) is 0 Å². The number of benzene rings is 2. The number of rotatable bonds is 7. The van der Waals surface area contributed by atoms with E-state index in [1.807, 2.05) is 35.2 Å². The van der Waals surface area contributed by atoms with E-state index in [9.17, 15) is 4.79 Å². The number of para-hydroxylation sites is 1. The van der Waals surface area contributed by atoms with Crippen LogP contribution < -0.4 is 15.5 Å². The number of fused-ring (bicyclic) bond motifs is 1. The number of imidazole rings is 1. The Morgan fingerprint density at radius 1 is 0.949 bits per heavy atom. The molecule has 2 aromatic carbocycles. The summed E-state index contributed by atoms with van der Waals surface area (Å²) in [5.41, 5.74) is 4.48. The number of hydrogen-bond acceptors (Lipinski definition) is 8. The van der Waals surface area contributed by atoms with E-state index in [2.05, 4.69) is 67.9 Å². The Kier molecular flexibility index (Phi) is 6.85. The van der Waals surface area contributed by atoms with Crippen LogP contribution in [0.15, 0.2) is 73.4 Å². The molecule has 1 atom stereocenters. The summed E-state index contributed by atoms with van der Waals surface area (Å²) in [4.78, 5) is 33.1. The van der Waals surface area contributed by atoms with Crippen LogP contribution in [0.2, 0.25) is 0 Å². The van der Waals surface area contributed by atoms with Gasteiger partial charge in [0, 0.05) is 56.3 Å². The van der Waals surface area contributed by atoms with Crippen molar-refractivity contribution < 1.29 is 4.79 Å². The number of carbonyl (C=O) groups excluding carboxylic acids is 1. The molecule has 200 valence electrons. The summed E-state index contributed by atoms with van der Waals surface area (Å²) in [5, 5.41) is 6.80. The molecule has 2 N–H and O–H groups in total. The second-order valence-electron chi connectivity index (χ2n) is 10.1. The number of carbonyl (C=O) groups is 1. The van der Waals surface area contributed by atoms with Gasteiger partial charge in [0.05, 0.1) is 12.2 Å². The van der Waals surface area contributed by atoms with Crippen LogP contribution in [0.25, 0.3) is 11.2 Å². The Balaban J connectivity index is 1.28. The highest BCUT2D eigenvalue weighted by Gasteiger charge is 2.30. The smallest absolute Gasteiger partial charge is 0.246 e. The number of aromatic nitrogens is 4. The third-order valence-corrected chi connectivity index (χ3v) is 7.47. The molecule has 1 amide bonds. The minimum atomic E-state index is -0.0588. The van der Waals surface area contributed by atoms with Crippen LogP contribution in [-0.4, -0.2) is 81.5 Å². The molecule has 4 aromatic rings. The molecule has 2 aromatic heterocycles. The van der Waals surface area contributed by atoms with E-state index in [1.165, 1.54) is 11.8 Å². The largest absolute Gasteiger partial charge is 0.369 e. The number of nitrogens with one attached hydrogen (secondary N) is 2. The summed E-state index contributed by atoms with van der Waals surface area (Å²) in [6, 6.07) is 18.4. The lowest BCUT2D eigenvalue weighted by Gasteiger charge is -2.34. The van der Waals surface area contributed by atoms with Crippen LogP contribution in [0.5, 0.6) is 0 Å². The van der Waals surface area contributed by atoms with E-state index in [1.54, 1.807) is 6.20 Å². The summed E-state index contributed by atoms with van der Waals surface area (Å²) in [7, 11) is 2.16. The molecule has 0 aliphatic carbocycles. The molecule has 2 saturated heterocycles. The summed E-state index contributed by atoms with van der Waals surface area (Å²) in [6.45, 7) is 9.09. The number of hydrogen-bond donors (Lipinski definition) is 2. The third kappa shape index (κ3) is 5.28. The first kappa shape index (κ1) is 24.9. The molecule has 0 unspecified atom stereocenters. The van der Waals surface area contributed by atoms with E-state index in [0.29, 0.717) is 30.5 Å². The highest BCUT2D eigenvalue weighted by Crippen LogP contribution is 2.32. The zero-order valence-electron chi connectivity index (χ0n) is 22.1. The van der Waals surface area contributed by atoms with Crippen molar-refractivity contribution in [2.75, 3.05) is 61.8 Å². The Bertz CT molecular complexity index is 1460. The minimum Gasteiger partial charge on any atom is -0.369 e. The molecule has 6 rings (SSSR count). The fourth-order valence-corrected chi connectivity index (χ4v) is 5.27. The molecule has 2 aliphatic heterocycles. The molecule has 39 heavy (non-hydrogen) atoms. The number of likely N-dealkylation sites (N-methyl/N-ethyl adjacent to an activating group) is 1. The highest BCUT2D eigenvalue weighted by molar-refractivity contribution is 5.87. The Labute approximate surface area is 228 Å². The third-order valence-electron chi connectivity index (χ3n) is 7.47. The van der Waals surface area contributed by atoms with Crippen molar-refractivity contribution in [1.29, 1.82) is 0 Å². The molecule has 2 aliphatic rings. The van der Waals surface area contributed by atoms with E-state index in [4.69, 9.17) is 9.97 Å². The lowest BCUT2D eigenvalue weighted by molar-refractivity contribution is -0.125. The van der Waals surface area contributed by atoms with E-state index >= 15 is 0 Å². The van der Waals surface area contributed by atoms with Crippen molar-refractivity contribution in [3.63, 3.8) is 0 Å². The normalized spacial score (nSPS) is 17.9. The summed E-state index contributed by atoms with van der Waals surface area (Å²) < 4.78 is 2.10. The Hall–Kier alpha value is -4.44. The molecule has 4 heterocycles. The van der Waals surface area contributed by atoms with E-state index < -0.39 is 0 Å². The predicted molar refractivity (Wildman–Crippen MR) is 155 cm³/mol. The Morgan fingerprint density at radius 3 is 2.44 bits per heavy atom. The zero-order valence-corrected chi connectivity index (χ0v) is 22.1. The molecule has 0 saturated carbocycles. The van der Waals surface area contributed by atoms with Crippen LogP contribution >= 0.6 is 0 Å². The van der Waals surface area contributed by atoms with Gasteiger partial charge in [-0.15, -0.1) is 0 Å². The van der Waals surface area contributed by atoms with Crippen LogP contribution in [0.1, 0.15) is 12.5 Å². The summed E-state index contributed by atoms with van der Waals surface area (Å²) in [6.07, 6.45) is 3.92.